The molecular formula is C8H2Cl2N2S. The molecule has 2 rings (SSSR count). The number of aromatic nitrogens is 1. The number of halogens is 2. The quantitative estimate of drug-likeness (QED) is 0.648. The van der Waals surface area contributed by atoms with Crippen molar-refractivity contribution in [1.29, 1.82) is 5.26 Å². The predicted molar refractivity (Wildman–Crippen MR) is 54.4 cm³/mol. The standard InChI is InChI=1S/C8H2Cl2N2S/c9-6-1-5-4(2-11)3-12-8(10)7(5)13-6/h1,3H. The maximum absolute atomic E-state index is 8.76. The monoisotopic (exact) mass is 228 g/mol. The minimum absolute atomic E-state index is 0.394. The highest BCUT2D eigenvalue weighted by atomic mass is 35.5. The molecule has 2 aromatic rings. The highest BCUT2D eigenvalue weighted by molar-refractivity contribution is 7.23. The van der Waals surface area contributed by atoms with E-state index in [1.807, 2.05) is 6.07 Å². The van der Waals surface area contributed by atoms with Crippen molar-refractivity contribution in [1.82, 2.24) is 4.98 Å². The number of nitriles is 1. The molecule has 0 radical (unpaired) electrons. The van der Waals surface area contributed by atoms with E-state index in [4.69, 9.17) is 28.5 Å². The van der Waals surface area contributed by atoms with Crippen LogP contribution < -0.4 is 0 Å². The fraction of sp³-hybridized carbons (Fsp3) is 0. The van der Waals surface area contributed by atoms with Crippen LogP contribution in [0.3, 0.4) is 0 Å². The van der Waals surface area contributed by atoms with Crippen molar-refractivity contribution in [3.63, 3.8) is 0 Å². The summed E-state index contributed by atoms with van der Waals surface area (Å²) < 4.78 is 1.38. The van der Waals surface area contributed by atoms with Crippen LogP contribution in [-0.2, 0) is 0 Å². The zero-order chi connectivity index (χ0) is 9.42. The van der Waals surface area contributed by atoms with Gasteiger partial charge in [-0.3, -0.25) is 0 Å². The maximum Gasteiger partial charge on any atom is 0.146 e. The Kier molecular flexibility index (Phi) is 2.12. The minimum atomic E-state index is 0.394. The summed E-state index contributed by atoms with van der Waals surface area (Å²) in [6.45, 7) is 0. The topological polar surface area (TPSA) is 36.7 Å². The van der Waals surface area contributed by atoms with Gasteiger partial charge in [-0.2, -0.15) is 5.26 Å². The van der Waals surface area contributed by atoms with Gasteiger partial charge in [0.25, 0.3) is 0 Å². The average Bonchev–Trinajstić information content (AvgIpc) is 2.48. The first kappa shape index (κ1) is 8.76. The number of hydrogen-bond donors (Lipinski definition) is 0. The third-order valence-electron chi connectivity index (χ3n) is 1.61. The van der Waals surface area contributed by atoms with Crippen LogP contribution >= 0.6 is 34.5 Å². The van der Waals surface area contributed by atoms with E-state index in [9.17, 15) is 0 Å². The van der Waals surface area contributed by atoms with Crippen molar-refractivity contribution in [2.75, 3.05) is 0 Å². The van der Waals surface area contributed by atoms with E-state index in [1.165, 1.54) is 17.5 Å². The Bertz CT molecular complexity index is 513. The Labute approximate surface area is 88.3 Å². The predicted octanol–water partition coefficient (Wildman–Crippen LogP) is 3.47. The van der Waals surface area contributed by atoms with Gasteiger partial charge in [-0.25, -0.2) is 4.98 Å². The van der Waals surface area contributed by atoms with E-state index in [1.54, 1.807) is 6.07 Å². The minimum Gasteiger partial charge on any atom is -0.242 e. The molecule has 2 aromatic heterocycles. The second-order valence-electron chi connectivity index (χ2n) is 2.37. The Morgan fingerprint density at radius 3 is 2.92 bits per heavy atom. The van der Waals surface area contributed by atoms with Crippen LogP contribution in [0.4, 0.5) is 0 Å². The smallest absolute Gasteiger partial charge is 0.146 e. The number of fused-ring (bicyclic) bond motifs is 1. The van der Waals surface area contributed by atoms with Crippen molar-refractivity contribution >= 4 is 44.6 Å². The van der Waals surface area contributed by atoms with E-state index in [-0.39, 0.29) is 0 Å². The lowest BCUT2D eigenvalue weighted by molar-refractivity contribution is 1.35. The molecule has 0 N–H and O–H groups in total. The van der Waals surface area contributed by atoms with Crippen LogP contribution in [0, 0.1) is 11.3 Å². The molecule has 0 aliphatic heterocycles. The Balaban J connectivity index is 2.94. The molecule has 0 aliphatic carbocycles. The molecule has 0 saturated carbocycles. The van der Waals surface area contributed by atoms with Crippen molar-refractivity contribution in [3.8, 4) is 6.07 Å². The molecule has 0 unspecified atom stereocenters. The average molecular weight is 229 g/mol. The van der Waals surface area contributed by atoms with Gasteiger partial charge >= 0.3 is 0 Å². The van der Waals surface area contributed by atoms with Crippen LogP contribution in [0.5, 0.6) is 0 Å². The van der Waals surface area contributed by atoms with E-state index < -0.39 is 0 Å². The molecule has 5 heteroatoms. The summed E-state index contributed by atoms with van der Waals surface area (Å²) >= 11 is 13.0. The zero-order valence-electron chi connectivity index (χ0n) is 6.21. The number of hydrogen-bond acceptors (Lipinski definition) is 3. The van der Waals surface area contributed by atoms with Crippen molar-refractivity contribution in [3.05, 3.63) is 27.3 Å². The summed E-state index contributed by atoms with van der Waals surface area (Å²) in [6.07, 6.45) is 1.45. The van der Waals surface area contributed by atoms with Crippen molar-refractivity contribution in [2.24, 2.45) is 0 Å². The molecule has 0 atom stereocenters. The summed E-state index contributed by atoms with van der Waals surface area (Å²) in [5.41, 5.74) is 0.502. The molecule has 2 nitrogen and oxygen atoms in total. The largest absolute Gasteiger partial charge is 0.242 e. The summed E-state index contributed by atoms with van der Waals surface area (Å²) in [6, 6.07) is 3.77. The van der Waals surface area contributed by atoms with Gasteiger partial charge in [0.1, 0.15) is 11.2 Å². The molecule has 0 amide bonds. The van der Waals surface area contributed by atoms with Gasteiger partial charge < -0.3 is 0 Å². The number of pyridine rings is 1. The zero-order valence-corrected chi connectivity index (χ0v) is 8.54. The van der Waals surface area contributed by atoms with Crippen LogP contribution in [0.1, 0.15) is 5.56 Å². The Morgan fingerprint density at radius 2 is 2.23 bits per heavy atom. The first-order chi connectivity index (χ1) is 6.22. The lowest BCUT2D eigenvalue weighted by Crippen LogP contribution is -1.79. The third-order valence-corrected chi connectivity index (χ3v) is 3.28. The van der Waals surface area contributed by atoms with Gasteiger partial charge in [-0.15, -0.1) is 11.3 Å². The second-order valence-corrected chi connectivity index (χ2v) is 4.41. The lowest BCUT2D eigenvalue weighted by Gasteiger charge is -1.93. The number of thiophene rings is 1. The first-order valence-electron chi connectivity index (χ1n) is 3.36. The lowest BCUT2D eigenvalue weighted by atomic mass is 10.2. The van der Waals surface area contributed by atoms with Gasteiger partial charge in [0, 0.05) is 11.6 Å². The Morgan fingerprint density at radius 1 is 1.46 bits per heavy atom. The Hall–Kier alpha value is -0.820. The molecule has 0 aliphatic rings. The summed E-state index contributed by atoms with van der Waals surface area (Å²) in [5, 5.41) is 9.93. The van der Waals surface area contributed by atoms with Gasteiger partial charge in [0.2, 0.25) is 0 Å². The SMILES string of the molecule is N#Cc1cnc(Cl)c2sc(Cl)cc12. The molecular weight excluding hydrogens is 227 g/mol. The molecule has 0 aromatic carbocycles. The third kappa shape index (κ3) is 1.37. The fourth-order valence-electron chi connectivity index (χ4n) is 1.05. The van der Waals surface area contributed by atoms with Crippen molar-refractivity contribution in [2.45, 2.75) is 0 Å². The van der Waals surface area contributed by atoms with Gasteiger partial charge in [0.05, 0.1) is 14.6 Å². The van der Waals surface area contributed by atoms with Gasteiger partial charge in [-0.1, -0.05) is 23.2 Å². The van der Waals surface area contributed by atoms with E-state index in [0.717, 1.165) is 10.1 Å². The maximum atomic E-state index is 8.76. The van der Waals surface area contributed by atoms with E-state index in [2.05, 4.69) is 4.98 Å². The van der Waals surface area contributed by atoms with Crippen LogP contribution in [0.15, 0.2) is 12.3 Å². The molecule has 13 heavy (non-hydrogen) atoms. The van der Waals surface area contributed by atoms with Crippen LogP contribution in [0.25, 0.3) is 10.1 Å². The molecule has 0 fully saturated rings. The normalized spacial score (nSPS) is 10.2. The van der Waals surface area contributed by atoms with Crippen molar-refractivity contribution < 1.29 is 0 Å². The van der Waals surface area contributed by atoms with E-state index >= 15 is 0 Å². The van der Waals surface area contributed by atoms with Gasteiger partial charge in [0.15, 0.2) is 0 Å². The van der Waals surface area contributed by atoms with Gasteiger partial charge in [-0.05, 0) is 6.07 Å². The molecule has 2 heterocycles. The molecule has 0 spiro atoms. The summed E-state index contributed by atoms with van der Waals surface area (Å²) in [5.74, 6) is 0. The van der Waals surface area contributed by atoms with Crippen LogP contribution in [-0.4, -0.2) is 4.98 Å². The first-order valence-corrected chi connectivity index (χ1v) is 4.93. The highest BCUT2D eigenvalue weighted by Crippen LogP contribution is 2.34. The number of nitrogens with zero attached hydrogens (tertiary/aromatic N) is 2. The summed E-state index contributed by atoms with van der Waals surface area (Å²) in [7, 11) is 0. The van der Waals surface area contributed by atoms with Crippen LogP contribution in [0.2, 0.25) is 9.49 Å². The number of rotatable bonds is 0. The fourth-order valence-corrected chi connectivity index (χ4v) is 2.45. The molecule has 64 valence electrons. The second kappa shape index (κ2) is 3.15. The molecule has 0 saturated heterocycles. The van der Waals surface area contributed by atoms with E-state index in [0.29, 0.717) is 15.1 Å². The molecule has 0 bridgehead atoms. The summed E-state index contributed by atoms with van der Waals surface area (Å²) in [4.78, 5) is 3.89. The highest BCUT2D eigenvalue weighted by Gasteiger charge is 2.09.